The normalized spacial score (nSPS) is 22.9. The van der Waals surface area contributed by atoms with Gasteiger partial charge in [-0.2, -0.15) is 0 Å². The van der Waals surface area contributed by atoms with Crippen LogP contribution in [-0.4, -0.2) is 22.2 Å². The lowest BCUT2D eigenvalue weighted by Gasteiger charge is -2.29. The van der Waals surface area contributed by atoms with Gasteiger partial charge in [-0.3, -0.25) is 4.98 Å². The van der Waals surface area contributed by atoms with Crippen molar-refractivity contribution in [2.45, 2.75) is 44.8 Å². The molecule has 0 bridgehead atoms. The van der Waals surface area contributed by atoms with Crippen molar-refractivity contribution in [3.8, 4) is 0 Å². The third-order valence-electron chi connectivity index (χ3n) is 3.97. The van der Waals surface area contributed by atoms with E-state index in [1.807, 2.05) is 13.0 Å². The fourth-order valence-corrected chi connectivity index (χ4v) is 2.93. The number of aryl methyl sites for hydroxylation is 1. The molecule has 2 N–H and O–H groups in total. The van der Waals surface area contributed by atoms with Gasteiger partial charge in [0.1, 0.15) is 5.82 Å². The van der Waals surface area contributed by atoms with Gasteiger partial charge in [-0.1, -0.05) is 12.8 Å². The standard InChI is InChI=1S/C16H19FN2O/c1-10-8-15(19-14-4-2-3-5-16(14)20)12-9-11(17)6-7-13(12)18-10/h6-9,14,16,20H,2-5H2,1H3,(H,18,19)/t14-,16-/m0/s1. The number of nitrogens with zero attached hydrogens (tertiary/aromatic N) is 1. The number of rotatable bonds is 2. The number of nitrogens with one attached hydrogen (secondary N) is 1. The van der Waals surface area contributed by atoms with Crippen LogP contribution in [0.15, 0.2) is 24.3 Å². The fourth-order valence-electron chi connectivity index (χ4n) is 2.93. The molecular formula is C16H19FN2O. The van der Waals surface area contributed by atoms with Crippen LogP contribution in [0.1, 0.15) is 31.4 Å². The monoisotopic (exact) mass is 274 g/mol. The molecule has 0 amide bonds. The number of anilines is 1. The fraction of sp³-hybridized carbons (Fsp3) is 0.438. The van der Waals surface area contributed by atoms with Gasteiger partial charge in [0, 0.05) is 16.8 Å². The minimum absolute atomic E-state index is 0.0389. The molecule has 1 aliphatic carbocycles. The van der Waals surface area contributed by atoms with Gasteiger partial charge < -0.3 is 10.4 Å². The lowest BCUT2D eigenvalue weighted by molar-refractivity contribution is 0.116. The van der Waals surface area contributed by atoms with Crippen LogP contribution in [0.3, 0.4) is 0 Å². The summed E-state index contributed by atoms with van der Waals surface area (Å²) in [5, 5.41) is 14.2. The van der Waals surface area contributed by atoms with Gasteiger partial charge in [0.15, 0.2) is 0 Å². The zero-order valence-electron chi connectivity index (χ0n) is 11.6. The molecule has 0 radical (unpaired) electrons. The summed E-state index contributed by atoms with van der Waals surface area (Å²) in [6, 6.07) is 6.58. The Bertz CT molecular complexity index is 629. The summed E-state index contributed by atoms with van der Waals surface area (Å²) in [6.45, 7) is 1.92. The Morgan fingerprint density at radius 3 is 2.85 bits per heavy atom. The van der Waals surface area contributed by atoms with E-state index in [4.69, 9.17) is 0 Å². The number of aliphatic hydroxyl groups is 1. The van der Waals surface area contributed by atoms with Crippen molar-refractivity contribution < 1.29 is 9.50 Å². The molecule has 2 atom stereocenters. The van der Waals surface area contributed by atoms with E-state index in [1.165, 1.54) is 12.1 Å². The van der Waals surface area contributed by atoms with Gasteiger partial charge in [-0.05, 0) is 44.0 Å². The van der Waals surface area contributed by atoms with Gasteiger partial charge in [0.25, 0.3) is 0 Å². The van der Waals surface area contributed by atoms with Crippen molar-refractivity contribution >= 4 is 16.6 Å². The number of benzene rings is 1. The molecule has 1 heterocycles. The topological polar surface area (TPSA) is 45.1 Å². The van der Waals surface area contributed by atoms with E-state index in [9.17, 15) is 9.50 Å². The Balaban J connectivity index is 1.99. The Morgan fingerprint density at radius 2 is 2.05 bits per heavy atom. The first-order valence-corrected chi connectivity index (χ1v) is 7.15. The van der Waals surface area contributed by atoms with E-state index in [2.05, 4.69) is 10.3 Å². The van der Waals surface area contributed by atoms with Crippen molar-refractivity contribution in [2.75, 3.05) is 5.32 Å². The average molecular weight is 274 g/mol. The molecule has 0 spiro atoms. The van der Waals surface area contributed by atoms with E-state index in [-0.39, 0.29) is 18.0 Å². The van der Waals surface area contributed by atoms with E-state index in [0.717, 1.165) is 48.0 Å². The number of fused-ring (bicyclic) bond motifs is 1. The lowest BCUT2D eigenvalue weighted by atomic mass is 9.92. The average Bonchev–Trinajstić information content (AvgIpc) is 2.42. The van der Waals surface area contributed by atoms with Gasteiger partial charge in [-0.25, -0.2) is 4.39 Å². The first-order chi connectivity index (χ1) is 9.63. The molecule has 3 rings (SSSR count). The predicted octanol–water partition coefficient (Wildman–Crippen LogP) is 3.40. The first kappa shape index (κ1) is 13.3. The zero-order chi connectivity index (χ0) is 14.1. The smallest absolute Gasteiger partial charge is 0.124 e. The molecule has 4 heteroatoms. The van der Waals surface area contributed by atoms with Crippen molar-refractivity contribution in [3.63, 3.8) is 0 Å². The third kappa shape index (κ3) is 2.61. The van der Waals surface area contributed by atoms with Crippen LogP contribution >= 0.6 is 0 Å². The maximum Gasteiger partial charge on any atom is 0.124 e. The quantitative estimate of drug-likeness (QED) is 0.882. The van der Waals surface area contributed by atoms with Crippen molar-refractivity contribution in [2.24, 2.45) is 0 Å². The summed E-state index contributed by atoms with van der Waals surface area (Å²) >= 11 is 0. The van der Waals surface area contributed by atoms with E-state index in [0.29, 0.717) is 0 Å². The van der Waals surface area contributed by atoms with E-state index < -0.39 is 0 Å². The summed E-state index contributed by atoms with van der Waals surface area (Å²) in [6.07, 6.45) is 3.63. The second-order valence-corrected chi connectivity index (χ2v) is 5.58. The second kappa shape index (κ2) is 5.37. The Morgan fingerprint density at radius 1 is 1.25 bits per heavy atom. The molecule has 3 nitrogen and oxygen atoms in total. The molecule has 1 fully saturated rings. The molecule has 1 saturated carbocycles. The van der Waals surface area contributed by atoms with Crippen molar-refractivity contribution in [1.82, 2.24) is 4.98 Å². The summed E-state index contributed by atoms with van der Waals surface area (Å²) in [4.78, 5) is 4.42. The molecule has 1 aromatic heterocycles. The molecule has 1 aliphatic rings. The van der Waals surface area contributed by atoms with Crippen LogP contribution in [0.25, 0.3) is 10.9 Å². The molecule has 1 aromatic carbocycles. The predicted molar refractivity (Wildman–Crippen MR) is 78.3 cm³/mol. The van der Waals surface area contributed by atoms with Gasteiger partial charge in [0.05, 0.1) is 17.7 Å². The Labute approximate surface area is 117 Å². The number of aromatic nitrogens is 1. The van der Waals surface area contributed by atoms with Gasteiger partial charge in [0.2, 0.25) is 0 Å². The summed E-state index contributed by atoms with van der Waals surface area (Å²) in [7, 11) is 0. The maximum absolute atomic E-state index is 13.5. The largest absolute Gasteiger partial charge is 0.391 e. The summed E-state index contributed by atoms with van der Waals surface area (Å²) in [5.74, 6) is -0.268. The molecule has 2 aromatic rings. The van der Waals surface area contributed by atoms with E-state index >= 15 is 0 Å². The number of hydrogen-bond acceptors (Lipinski definition) is 3. The number of pyridine rings is 1. The van der Waals surface area contributed by atoms with Crippen molar-refractivity contribution in [1.29, 1.82) is 0 Å². The summed E-state index contributed by atoms with van der Waals surface area (Å²) < 4.78 is 13.5. The third-order valence-corrected chi connectivity index (χ3v) is 3.97. The maximum atomic E-state index is 13.5. The molecule has 0 aliphatic heterocycles. The first-order valence-electron chi connectivity index (χ1n) is 7.15. The Kier molecular flexibility index (Phi) is 3.57. The highest BCUT2D eigenvalue weighted by Crippen LogP contribution is 2.28. The highest BCUT2D eigenvalue weighted by atomic mass is 19.1. The molecule has 0 saturated heterocycles. The minimum Gasteiger partial charge on any atom is -0.391 e. The van der Waals surface area contributed by atoms with Crippen LogP contribution in [0.2, 0.25) is 0 Å². The highest BCUT2D eigenvalue weighted by molar-refractivity contribution is 5.91. The number of aliphatic hydroxyl groups excluding tert-OH is 1. The molecule has 0 unspecified atom stereocenters. The number of halogens is 1. The highest BCUT2D eigenvalue weighted by Gasteiger charge is 2.23. The van der Waals surface area contributed by atoms with Gasteiger partial charge in [-0.15, -0.1) is 0 Å². The molecule has 106 valence electrons. The van der Waals surface area contributed by atoms with Gasteiger partial charge >= 0.3 is 0 Å². The Hall–Kier alpha value is -1.68. The SMILES string of the molecule is Cc1cc(N[C@H]2CCCC[C@@H]2O)c2cc(F)ccc2n1. The van der Waals surface area contributed by atoms with Crippen LogP contribution in [0, 0.1) is 12.7 Å². The van der Waals surface area contributed by atoms with Crippen LogP contribution in [0.4, 0.5) is 10.1 Å². The zero-order valence-corrected chi connectivity index (χ0v) is 11.6. The molecular weight excluding hydrogens is 255 g/mol. The summed E-state index contributed by atoms with van der Waals surface area (Å²) in [5.41, 5.74) is 2.52. The lowest BCUT2D eigenvalue weighted by Crippen LogP contribution is -2.36. The van der Waals surface area contributed by atoms with Crippen LogP contribution in [0.5, 0.6) is 0 Å². The number of hydrogen-bond donors (Lipinski definition) is 2. The second-order valence-electron chi connectivity index (χ2n) is 5.58. The van der Waals surface area contributed by atoms with Crippen molar-refractivity contribution in [3.05, 3.63) is 35.8 Å². The van der Waals surface area contributed by atoms with E-state index in [1.54, 1.807) is 6.07 Å². The van der Waals surface area contributed by atoms with Crippen LogP contribution < -0.4 is 5.32 Å². The minimum atomic E-state index is -0.333. The van der Waals surface area contributed by atoms with Crippen LogP contribution in [-0.2, 0) is 0 Å². The molecule has 20 heavy (non-hydrogen) atoms.